The molecule has 2 heterocycles. The molecule has 1 aromatic heterocycles. The smallest absolute Gasteiger partial charge is 0.273 e. The van der Waals surface area contributed by atoms with Gasteiger partial charge in [-0.25, -0.2) is 0 Å². The van der Waals surface area contributed by atoms with Crippen molar-refractivity contribution in [3.8, 4) is 6.07 Å². The van der Waals surface area contributed by atoms with Gasteiger partial charge in [0, 0.05) is 6.20 Å². The summed E-state index contributed by atoms with van der Waals surface area (Å²) >= 11 is 0. The van der Waals surface area contributed by atoms with Crippen LogP contribution in [0.2, 0.25) is 0 Å². The van der Waals surface area contributed by atoms with Crippen LogP contribution in [0, 0.1) is 17.2 Å². The predicted octanol–water partition coefficient (Wildman–Crippen LogP) is 0.882. The quantitative estimate of drug-likeness (QED) is 0.797. The second-order valence-corrected chi connectivity index (χ2v) is 6.16. The third-order valence-corrected chi connectivity index (χ3v) is 4.56. The summed E-state index contributed by atoms with van der Waals surface area (Å²) in [5.41, 5.74) is 0.648. The first kappa shape index (κ1) is 13.9. The molecule has 1 aromatic rings. The Labute approximate surface area is 112 Å². The monoisotopic (exact) mass is 281 g/mol. The summed E-state index contributed by atoms with van der Waals surface area (Å²) in [5.74, 6) is -0.204. The van der Waals surface area contributed by atoms with Gasteiger partial charge in [-0.05, 0) is 44.0 Å². The number of pyridine rings is 1. The van der Waals surface area contributed by atoms with Gasteiger partial charge in [0.2, 0.25) is 0 Å². The fraction of sp³-hybridized carbons (Fsp3) is 0.500. The summed E-state index contributed by atoms with van der Waals surface area (Å²) < 4.78 is 32.7. The normalized spacial score (nSPS) is 21.6. The molecule has 1 saturated heterocycles. The van der Waals surface area contributed by atoms with Crippen LogP contribution in [0.25, 0.3) is 0 Å². The van der Waals surface area contributed by atoms with Gasteiger partial charge >= 0.3 is 0 Å². The van der Waals surface area contributed by atoms with Crippen molar-refractivity contribution in [2.45, 2.75) is 18.1 Å². The zero-order valence-electron chi connectivity index (χ0n) is 10.3. The first-order valence-electron chi connectivity index (χ1n) is 6.05. The van der Waals surface area contributed by atoms with Crippen LogP contribution < -0.4 is 5.32 Å². The molecule has 2 atom stereocenters. The van der Waals surface area contributed by atoms with Crippen LogP contribution in [0.15, 0.2) is 18.3 Å². The number of piperidine rings is 1. The third-order valence-electron chi connectivity index (χ3n) is 3.29. The van der Waals surface area contributed by atoms with Crippen molar-refractivity contribution in [3.63, 3.8) is 0 Å². The van der Waals surface area contributed by atoms with E-state index in [1.807, 2.05) is 6.07 Å². The molecular formula is C12H15N3O3S. The van der Waals surface area contributed by atoms with E-state index in [0.29, 0.717) is 12.1 Å². The van der Waals surface area contributed by atoms with Gasteiger partial charge in [-0.3, -0.25) is 9.54 Å². The molecule has 1 fully saturated rings. The summed E-state index contributed by atoms with van der Waals surface area (Å²) in [6, 6.07) is 4.93. The fourth-order valence-electron chi connectivity index (χ4n) is 2.41. The molecule has 0 radical (unpaired) electrons. The standard InChI is InChI=1S/C12H15N3O3S/c13-6-9-3-4-11(15-7-9)12(19(16,17)18)10-2-1-5-14-8-10/h3-4,7,10,12,14H,1-2,5,8H2,(H,16,17,18). The number of rotatable bonds is 3. The van der Waals surface area contributed by atoms with Gasteiger partial charge in [-0.15, -0.1) is 0 Å². The highest BCUT2D eigenvalue weighted by molar-refractivity contribution is 7.86. The lowest BCUT2D eigenvalue weighted by Gasteiger charge is -2.28. The van der Waals surface area contributed by atoms with Crippen LogP contribution >= 0.6 is 0 Å². The Bertz CT molecular complexity index is 571. The SMILES string of the molecule is N#Cc1ccc(C(C2CCCNC2)S(=O)(=O)O)nc1. The topological polar surface area (TPSA) is 103 Å². The van der Waals surface area contributed by atoms with Crippen molar-refractivity contribution in [1.29, 1.82) is 5.26 Å². The minimum atomic E-state index is -4.22. The second-order valence-electron chi connectivity index (χ2n) is 4.63. The zero-order chi connectivity index (χ0) is 13.9. The Hall–Kier alpha value is -1.49. The number of hydrogen-bond acceptors (Lipinski definition) is 5. The largest absolute Gasteiger partial charge is 0.316 e. The number of nitriles is 1. The first-order valence-corrected chi connectivity index (χ1v) is 7.56. The van der Waals surface area contributed by atoms with Crippen molar-refractivity contribution >= 4 is 10.1 Å². The number of nitrogens with one attached hydrogen (secondary N) is 1. The van der Waals surface area contributed by atoms with Crippen LogP contribution in [0.1, 0.15) is 29.3 Å². The molecule has 2 N–H and O–H groups in total. The molecule has 0 amide bonds. The Morgan fingerprint density at radius 3 is 2.79 bits per heavy atom. The molecule has 0 aliphatic carbocycles. The summed E-state index contributed by atoms with van der Waals surface area (Å²) in [7, 11) is -4.22. The summed E-state index contributed by atoms with van der Waals surface area (Å²) in [4.78, 5) is 4.00. The van der Waals surface area contributed by atoms with Gasteiger partial charge in [0.15, 0.2) is 0 Å². The lowest BCUT2D eigenvalue weighted by molar-refractivity contribution is 0.343. The van der Waals surface area contributed by atoms with Gasteiger partial charge in [-0.1, -0.05) is 0 Å². The maximum atomic E-state index is 11.6. The molecule has 1 aliphatic heterocycles. The summed E-state index contributed by atoms with van der Waals surface area (Å²) in [6.07, 6.45) is 2.91. The maximum absolute atomic E-state index is 11.6. The van der Waals surface area contributed by atoms with Crippen molar-refractivity contribution in [2.75, 3.05) is 13.1 Å². The fourth-order valence-corrected chi connectivity index (χ4v) is 3.58. The van der Waals surface area contributed by atoms with E-state index in [1.54, 1.807) is 0 Å². The van der Waals surface area contributed by atoms with E-state index < -0.39 is 15.4 Å². The van der Waals surface area contributed by atoms with Crippen molar-refractivity contribution in [3.05, 3.63) is 29.6 Å². The zero-order valence-corrected chi connectivity index (χ0v) is 11.1. The molecule has 0 bridgehead atoms. The maximum Gasteiger partial charge on any atom is 0.273 e. The average molecular weight is 281 g/mol. The van der Waals surface area contributed by atoms with Crippen LogP contribution in [0.3, 0.4) is 0 Å². The Kier molecular flexibility index (Phi) is 4.14. The third kappa shape index (κ3) is 3.29. The molecule has 0 spiro atoms. The molecule has 6 nitrogen and oxygen atoms in total. The molecule has 102 valence electrons. The minimum absolute atomic E-state index is 0.204. The molecular weight excluding hydrogens is 266 g/mol. The Balaban J connectivity index is 2.34. The van der Waals surface area contributed by atoms with Gasteiger partial charge in [0.05, 0.1) is 11.3 Å². The number of aromatic nitrogens is 1. The molecule has 19 heavy (non-hydrogen) atoms. The molecule has 7 heteroatoms. The van der Waals surface area contributed by atoms with Gasteiger partial charge in [-0.2, -0.15) is 13.7 Å². The average Bonchev–Trinajstić information content (AvgIpc) is 2.39. The van der Waals surface area contributed by atoms with E-state index in [9.17, 15) is 13.0 Å². The van der Waals surface area contributed by atoms with Crippen LogP contribution in [-0.2, 0) is 10.1 Å². The van der Waals surface area contributed by atoms with Gasteiger partial charge < -0.3 is 5.32 Å². The first-order chi connectivity index (χ1) is 9.02. The van der Waals surface area contributed by atoms with Crippen molar-refractivity contribution in [1.82, 2.24) is 10.3 Å². The molecule has 1 aliphatic rings. The van der Waals surface area contributed by atoms with Gasteiger partial charge in [0.1, 0.15) is 11.3 Å². The van der Waals surface area contributed by atoms with E-state index in [2.05, 4.69) is 10.3 Å². The lowest BCUT2D eigenvalue weighted by atomic mass is 9.94. The van der Waals surface area contributed by atoms with Crippen LogP contribution in [0.4, 0.5) is 0 Å². The van der Waals surface area contributed by atoms with E-state index >= 15 is 0 Å². The Morgan fingerprint density at radius 2 is 2.32 bits per heavy atom. The number of nitrogens with zero attached hydrogens (tertiary/aromatic N) is 2. The van der Waals surface area contributed by atoms with Crippen LogP contribution in [0.5, 0.6) is 0 Å². The molecule has 2 unspecified atom stereocenters. The highest BCUT2D eigenvalue weighted by Crippen LogP contribution is 2.32. The van der Waals surface area contributed by atoms with Crippen molar-refractivity contribution < 1.29 is 13.0 Å². The highest BCUT2D eigenvalue weighted by atomic mass is 32.2. The number of hydrogen-bond donors (Lipinski definition) is 2. The van der Waals surface area contributed by atoms with E-state index in [1.165, 1.54) is 18.3 Å². The van der Waals surface area contributed by atoms with E-state index in [-0.39, 0.29) is 11.6 Å². The lowest BCUT2D eigenvalue weighted by Crippen LogP contribution is -2.36. The second kappa shape index (κ2) is 5.65. The van der Waals surface area contributed by atoms with Crippen molar-refractivity contribution in [2.24, 2.45) is 5.92 Å². The van der Waals surface area contributed by atoms with Gasteiger partial charge in [0.25, 0.3) is 10.1 Å². The summed E-state index contributed by atoms with van der Waals surface area (Å²) in [5, 5.41) is 10.8. The minimum Gasteiger partial charge on any atom is -0.316 e. The highest BCUT2D eigenvalue weighted by Gasteiger charge is 2.35. The molecule has 2 rings (SSSR count). The van der Waals surface area contributed by atoms with E-state index in [0.717, 1.165) is 19.4 Å². The Morgan fingerprint density at radius 1 is 1.53 bits per heavy atom. The predicted molar refractivity (Wildman–Crippen MR) is 68.8 cm³/mol. The molecule has 0 saturated carbocycles. The van der Waals surface area contributed by atoms with E-state index in [4.69, 9.17) is 5.26 Å². The molecule has 0 aromatic carbocycles. The van der Waals surface area contributed by atoms with Crippen LogP contribution in [-0.4, -0.2) is 31.0 Å². The summed E-state index contributed by atoms with van der Waals surface area (Å²) in [6.45, 7) is 1.39.